The minimum Gasteiger partial charge on any atom is -0.267 e. The zero-order chi connectivity index (χ0) is 11.5. The Morgan fingerprint density at radius 3 is 2.13 bits per heavy atom. The van der Waals surface area contributed by atoms with Gasteiger partial charge in [0.15, 0.2) is 0 Å². The van der Waals surface area contributed by atoms with Crippen LogP contribution in [0.5, 0.6) is 0 Å². The molecule has 0 heterocycles. The Bertz CT molecular complexity index is 151. The second-order valence-corrected chi connectivity index (χ2v) is 3.82. The maximum absolute atomic E-state index is 10.7. The molecule has 3 heteroatoms. The highest BCUT2D eigenvalue weighted by molar-refractivity contribution is 5.47. The van der Waals surface area contributed by atoms with Crippen LogP contribution in [0, 0.1) is 0 Å². The third-order valence-corrected chi connectivity index (χ3v) is 2.52. The van der Waals surface area contributed by atoms with Gasteiger partial charge in [-0.2, -0.15) is 0 Å². The van der Waals surface area contributed by atoms with Crippen LogP contribution in [-0.2, 0) is 4.79 Å². The predicted octanol–water partition coefficient (Wildman–Crippen LogP) is 2.58. The van der Waals surface area contributed by atoms with E-state index >= 15 is 0 Å². The molecule has 3 nitrogen and oxygen atoms in total. The summed E-state index contributed by atoms with van der Waals surface area (Å²) in [5.41, 5.74) is 0. The van der Waals surface area contributed by atoms with Crippen molar-refractivity contribution < 1.29 is 4.79 Å². The summed E-state index contributed by atoms with van der Waals surface area (Å²) in [5.74, 6) is 0. The molecule has 0 atom stereocenters. The highest BCUT2D eigenvalue weighted by Crippen LogP contribution is 2.03. The van der Waals surface area contributed by atoms with Crippen molar-refractivity contribution in [2.75, 3.05) is 19.6 Å². The van der Waals surface area contributed by atoms with E-state index in [1.165, 1.54) is 25.7 Å². The molecule has 0 rings (SSSR count). The summed E-state index contributed by atoms with van der Waals surface area (Å²) in [6.07, 6.45) is 7.96. The zero-order valence-corrected chi connectivity index (χ0v) is 10.5. The average Bonchev–Trinajstić information content (AvgIpc) is 2.27. The van der Waals surface area contributed by atoms with Crippen LogP contribution in [0.25, 0.3) is 0 Å². The van der Waals surface area contributed by atoms with Crippen LogP contribution >= 0.6 is 0 Å². The van der Waals surface area contributed by atoms with Gasteiger partial charge in [0.25, 0.3) is 0 Å². The Balaban J connectivity index is 3.81. The molecule has 0 saturated carbocycles. The van der Waals surface area contributed by atoms with Crippen LogP contribution in [0.2, 0.25) is 0 Å². The van der Waals surface area contributed by atoms with Crippen LogP contribution in [0.3, 0.4) is 0 Å². The van der Waals surface area contributed by atoms with Crippen molar-refractivity contribution in [3.63, 3.8) is 0 Å². The average molecular weight is 213 g/mol. The maximum Gasteiger partial charge on any atom is 0.327 e. The van der Waals surface area contributed by atoms with Crippen molar-refractivity contribution in [3.8, 4) is 0 Å². The van der Waals surface area contributed by atoms with E-state index in [2.05, 4.69) is 25.8 Å². The molecule has 0 aromatic rings. The SMILES string of the molecule is CCCCCCN(CC)N([C]=O)CCC. The van der Waals surface area contributed by atoms with Crippen molar-refractivity contribution in [2.24, 2.45) is 0 Å². The topological polar surface area (TPSA) is 23.6 Å². The fourth-order valence-electron chi connectivity index (χ4n) is 1.63. The van der Waals surface area contributed by atoms with E-state index in [0.29, 0.717) is 0 Å². The first kappa shape index (κ1) is 14.4. The van der Waals surface area contributed by atoms with Crippen LogP contribution in [0.4, 0.5) is 0 Å². The molecule has 0 fully saturated rings. The second kappa shape index (κ2) is 9.97. The lowest BCUT2D eigenvalue weighted by molar-refractivity contribution is 0.0454. The minimum atomic E-state index is 0.783. The quantitative estimate of drug-likeness (QED) is 0.316. The minimum absolute atomic E-state index is 0.783. The molecule has 0 aromatic carbocycles. The van der Waals surface area contributed by atoms with E-state index in [-0.39, 0.29) is 0 Å². The maximum atomic E-state index is 10.7. The predicted molar refractivity (Wildman–Crippen MR) is 64.1 cm³/mol. The van der Waals surface area contributed by atoms with Gasteiger partial charge >= 0.3 is 6.41 Å². The fourth-order valence-corrected chi connectivity index (χ4v) is 1.63. The molecule has 0 aliphatic heterocycles. The molecule has 0 bridgehead atoms. The molecule has 0 aliphatic carbocycles. The summed E-state index contributed by atoms with van der Waals surface area (Å²) >= 11 is 0. The van der Waals surface area contributed by atoms with Gasteiger partial charge < -0.3 is 0 Å². The third-order valence-electron chi connectivity index (χ3n) is 2.52. The highest BCUT2D eigenvalue weighted by atomic mass is 16.1. The first-order valence-corrected chi connectivity index (χ1v) is 6.20. The summed E-state index contributed by atoms with van der Waals surface area (Å²) in [6.45, 7) is 9.02. The van der Waals surface area contributed by atoms with Crippen molar-refractivity contribution in [1.29, 1.82) is 0 Å². The van der Waals surface area contributed by atoms with Crippen molar-refractivity contribution >= 4 is 6.41 Å². The first-order chi connectivity index (χ1) is 7.29. The summed E-state index contributed by atoms with van der Waals surface area (Å²) < 4.78 is 0. The molecular weight excluding hydrogens is 188 g/mol. The van der Waals surface area contributed by atoms with E-state index < -0.39 is 0 Å². The van der Waals surface area contributed by atoms with Gasteiger partial charge in [-0.3, -0.25) is 9.80 Å². The molecule has 0 unspecified atom stereocenters. The number of amides is 1. The number of unbranched alkanes of at least 4 members (excludes halogenated alkanes) is 3. The monoisotopic (exact) mass is 213 g/mol. The summed E-state index contributed by atoms with van der Waals surface area (Å²) in [4.78, 5) is 10.7. The van der Waals surface area contributed by atoms with Crippen molar-refractivity contribution in [1.82, 2.24) is 10.0 Å². The Hall–Kier alpha value is -0.570. The molecule has 0 aromatic heterocycles. The van der Waals surface area contributed by atoms with E-state index in [1.807, 2.05) is 6.41 Å². The normalized spacial score (nSPS) is 10.7. The fraction of sp³-hybridized carbons (Fsp3) is 0.917. The molecule has 15 heavy (non-hydrogen) atoms. The van der Waals surface area contributed by atoms with Gasteiger partial charge in [0.05, 0.1) is 0 Å². The smallest absolute Gasteiger partial charge is 0.267 e. The Labute approximate surface area is 94.4 Å². The van der Waals surface area contributed by atoms with E-state index in [1.54, 1.807) is 5.01 Å². The first-order valence-electron chi connectivity index (χ1n) is 6.20. The number of hydrazine groups is 1. The zero-order valence-electron chi connectivity index (χ0n) is 10.5. The van der Waals surface area contributed by atoms with Gasteiger partial charge in [-0.25, -0.2) is 5.01 Å². The van der Waals surface area contributed by atoms with Crippen LogP contribution in [0.1, 0.15) is 52.9 Å². The summed E-state index contributed by atoms with van der Waals surface area (Å²) in [7, 11) is 0. The largest absolute Gasteiger partial charge is 0.327 e. The van der Waals surface area contributed by atoms with Crippen LogP contribution in [-0.4, -0.2) is 36.1 Å². The van der Waals surface area contributed by atoms with Gasteiger partial charge in [-0.05, 0) is 12.8 Å². The Morgan fingerprint density at radius 2 is 1.67 bits per heavy atom. The lowest BCUT2D eigenvalue weighted by Crippen LogP contribution is -2.42. The number of hydrogen-bond acceptors (Lipinski definition) is 2. The molecule has 89 valence electrons. The van der Waals surface area contributed by atoms with Gasteiger partial charge in [0, 0.05) is 19.6 Å². The van der Waals surface area contributed by atoms with Crippen molar-refractivity contribution in [3.05, 3.63) is 0 Å². The number of rotatable bonds is 10. The van der Waals surface area contributed by atoms with Gasteiger partial charge in [-0.1, -0.05) is 40.0 Å². The van der Waals surface area contributed by atoms with Gasteiger partial charge in [0.1, 0.15) is 0 Å². The summed E-state index contributed by atoms with van der Waals surface area (Å²) in [5, 5.41) is 3.78. The molecule has 1 radical (unpaired) electrons. The Kier molecular flexibility index (Phi) is 9.59. The van der Waals surface area contributed by atoms with Crippen LogP contribution in [0.15, 0.2) is 0 Å². The third kappa shape index (κ3) is 6.50. The molecule has 1 amide bonds. The number of carbonyl (C=O) groups excluding carboxylic acids is 1. The van der Waals surface area contributed by atoms with Crippen molar-refractivity contribution in [2.45, 2.75) is 52.9 Å². The lowest BCUT2D eigenvalue weighted by atomic mass is 10.2. The molecule has 0 spiro atoms. The van der Waals surface area contributed by atoms with Crippen LogP contribution < -0.4 is 0 Å². The number of hydrogen-bond donors (Lipinski definition) is 0. The molecular formula is C12H25N2O. The standard InChI is InChI=1S/C12H25N2O/c1-4-7-8-9-11-13(6-3)14(12-15)10-5-2/h4-11H2,1-3H3. The number of nitrogens with zero attached hydrogens (tertiary/aromatic N) is 2. The van der Waals surface area contributed by atoms with E-state index in [0.717, 1.165) is 26.1 Å². The van der Waals surface area contributed by atoms with Gasteiger partial charge in [-0.15, -0.1) is 0 Å². The summed E-state index contributed by atoms with van der Waals surface area (Å²) in [6, 6.07) is 0. The van der Waals surface area contributed by atoms with E-state index in [4.69, 9.17) is 0 Å². The van der Waals surface area contributed by atoms with E-state index in [9.17, 15) is 4.79 Å². The molecule has 0 N–H and O–H groups in total. The lowest BCUT2D eigenvalue weighted by Gasteiger charge is -2.29. The molecule has 0 aliphatic rings. The Morgan fingerprint density at radius 1 is 0.933 bits per heavy atom. The highest BCUT2D eigenvalue weighted by Gasteiger charge is 2.10. The molecule has 0 saturated heterocycles. The van der Waals surface area contributed by atoms with Gasteiger partial charge in [0.2, 0.25) is 0 Å². The second-order valence-electron chi connectivity index (χ2n) is 3.82.